The van der Waals surface area contributed by atoms with Crippen LogP contribution in [0.2, 0.25) is 0 Å². The van der Waals surface area contributed by atoms with E-state index in [9.17, 15) is 4.79 Å². The minimum absolute atomic E-state index is 0.112. The second kappa shape index (κ2) is 5.15. The Kier molecular flexibility index (Phi) is 4.33. The average molecular weight is 228 g/mol. The number of nitrogens with two attached hydrogens (primary N) is 1. The standard InChI is InChI=1S/C12H24N2O2/c1-9(6-13)5-11(15)14-7-10(2)16-12(3,4)8-14/h9-10H,5-8,13H2,1-4H3. The molecule has 1 aliphatic rings. The Hall–Kier alpha value is -0.610. The predicted octanol–water partition coefficient (Wildman–Crippen LogP) is 0.997. The van der Waals surface area contributed by atoms with Gasteiger partial charge in [-0.05, 0) is 33.2 Å². The first-order valence-electron chi connectivity index (χ1n) is 5.99. The Morgan fingerprint density at radius 1 is 1.62 bits per heavy atom. The van der Waals surface area contributed by atoms with E-state index < -0.39 is 0 Å². The van der Waals surface area contributed by atoms with Crippen molar-refractivity contribution in [3.8, 4) is 0 Å². The van der Waals surface area contributed by atoms with Crippen molar-refractivity contribution in [3.05, 3.63) is 0 Å². The Balaban J connectivity index is 2.55. The van der Waals surface area contributed by atoms with Crippen LogP contribution in [0.5, 0.6) is 0 Å². The van der Waals surface area contributed by atoms with E-state index in [4.69, 9.17) is 10.5 Å². The lowest BCUT2D eigenvalue weighted by Gasteiger charge is -2.42. The highest BCUT2D eigenvalue weighted by Crippen LogP contribution is 2.21. The minimum Gasteiger partial charge on any atom is -0.369 e. The van der Waals surface area contributed by atoms with Gasteiger partial charge in [0, 0.05) is 19.5 Å². The molecule has 1 saturated heterocycles. The first-order valence-corrected chi connectivity index (χ1v) is 5.99. The average Bonchev–Trinajstić information content (AvgIpc) is 2.14. The fourth-order valence-electron chi connectivity index (χ4n) is 2.15. The molecule has 4 nitrogen and oxygen atoms in total. The Morgan fingerprint density at radius 3 is 2.75 bits per heavy atom. The molecule has 0 radical (unpaired) electrons. The Morgan fingerprint density at radius 2 is 2.25 bits per heavy atom. The van der Waals surface area contributed by atoms with Crippen LogP contribution < -0.4 is 5.73 Å². The van der Waals surface area contributed by atoms with Gasteiger partial charge in [0.25, 0.3) is 0 Å². The molecule has 2 unspecified atom stereocenters. The highest BCUT2D eigenvalue weighted by Gasteiger charge is 2.33. The van der Waals surface area contributed by atoms with E-state index >= 15 is 0 Å². The molecule has 4 heteroatoms. The molecule has 1 heterocycles. The summed E-state index contributed by atoms with van der Waals surface area (Å²) in [5, 5.41) is 0. The first-order chi connectivity index (χ1) is 7.34. The summed E-state index contributed by atoms with van der Waals surface area (Å²) in [6, 6.07) is 0. The van der Waals surface area contributed by atoms with Gasteiger partial charge in [0.2, 0.25) is 5.91 Å². The monoisotopic (exact) mass is 228 g/mol. The van der Waals surface area contributed by atoms with Gasteiger partial charge in [0.05, 0.1) is 11.7 Å². The molecular weight excluding hydrogens is 204 g/mol. The smallest absolute Gasteiger partial charge is 0.223 e. The summed E-state index contributed by atoms with van der Waals surface area (Å²) < 4.78 is 5.77. The molecule has 1 amide bonds. The summed E-state index contributed by atoms with van der Waals surface area (Å²) >= 11 is 0. The summed E-state index contributed by atoms with van der Waals surface area (Å²) in [4.78, 5) is 13.9. The van der Waals surface area contributed by atoms with Crippen molar-refractivity contribution >= 4 is 5.91 Å². The summed E-state index contributed by atoms with van der Waals surface area (Å²) in [6.45, 7) is 9.99. The van der Waals surface area contributed by atoms with E-state index in [2.05, 4.69) is 0 Å². The normalized spacial score (nSPS) is 26.6. The number of hydrogen-bond donors (Lipinski definition) is 1. The van der Waals surface area contributed by atoms with Crippen LogP contribution in [0.25, 0.3) is 0 Å². The second-order valence-electron chi connectivity index (χ2n) is 5.51. The zero-order chi connectivity index (χ0) is 12.3. The number of morpholine rings is 1. The van der Waals surface area contributed by atoms with Gasteiger partial charge in [-0.3, -0.25) is 4.79 Å². The van der Waals surface area contributed by atoms with Crippen molar-refractivity contribution in [2.24, 2.45) is 11.7 Å². The topological polar surface area (TPSA) is 55.6 Å². The zero-order valence-corrected chi connectivity index (χ0v) is 10.8. The molecule has 0 spiro atoms. The van der Waals surface area contributed by atoms with Gasteiger partial charge in [-0.1, -0.05) is 6.92 Å². The first kappa shape index (κ1) is 13.5. The summed E-state index contributed by atoms with van der Waals surface area (Å²) in [5.74, 6) is 0.454. The van der Waals surface area contributed by atoms with E-state index in [1.165, 1.54) is 0 Å². The highest BCUT2D eigenvalue weighted by molar-refractivity contribution is 5.76. The quantitative estimate of drug-likeness (QED) is 0.784. The van der Waals surface area contributed by atoms with Crippen LogP contribution >= 0.6 is 0 Å². The highest BCUT2D eigenvalue weighted by atomic mass is 16.5. The third-order valence-electron chi connectivity index (χ3n) is 2.85. The minimum atomic E-state index is -0.237. The Labute approximate surface area is 98.1 Å². The molecular formula is C12H24N2O2. The lowest BCUT2D eigenvalue weighted by Crippen LogP contribution is -2.54. The molecule has 0 aliphatic carbocycles. The molecule has 0 aromatic carbocycles. The number of ether oxygens (including phenoxy) is 1. The van der Waals surface area contributed by atoms with Crippen LogP contribution in [-0.2, 0) is 9.53 Å². The summed E-state index contributed by atoms with van der Waals surface area (Å²) in [7, 11) is 0. The van der Waals surface area contributed by atoms with Crippen molar-refractivity contribution in [1.29, 1.82) is 0 Å². The lowest BCUT2D eigenvalue weighted by atomic mass is 10.0. The van der Waals surface area contributed by atoms with Crippen molar-refractivity contribution in [1.82, 2.24) is 4.90 Å². The van der Waals surface area contributed by atoms with E-state index in [-0.39, 0.29) is 23.5 Å². The molecule has 16 heavy (non-hydrogen) atoms. The largest absolute Gasteiger partial charge is 0.369 e. The summed E-state index contributed by atoms with van der Waals surface area (Å²) in [6.07, 6.45) is 0.653. The molecule has 2 N–H and O–H groups in total. The van der Waals surface area contributed by atoms with E-state index in [0.717, 1.165) is 0 Å². The van der Waals surface area contributed by atoms with Gasteiger partial charge >= 0.3 is 0 Å². The summed E-state index contributed by atoms with van der Waals surface area (Å²) in [5.41, 5.74) is 5.30. The zero-order valence-electron chi connectivity index (χ0n) is 10.8. The molecule has 1 aliphatic heterocycles. The van der Waals surface area contributed by atoms with Gasteiger partial charge in [-0.25, -0.2) is 0 Å². The SMILES string of the molecule is CC(CN)CC(=O)N1CC(C)OC(C)(C)C1. The maximum atomic E-state index is 12.0. The van der Waals surface area contributed by atoms with Crippen molar-refractivity contribution in [3.63, 3.8) is 0 Å². The van der Waals surface area contributed by atoms with Crippen LogP contribution in [0.15, 0.2) is 0 Å². The lowest BCUT2D eigenvalue weighted by molar-refractivity contribution is -0.158. The van der Waals surface area contributed by atoms with Crippen molar-refractivity contribution in [2.45, 2.75) is 45.8 Å². The third-order valence-corrected chi connectivity index (χ3v) is 2.85. The number of nitrogens with zero attached hydrogens (tertiary/aromatic N) is 1. The molecule has 1 rings (SSSR count). The fraction of sp³-hybridized carbons (Fsp3) is 0.917. The molecule has 0 aromatic rings. The predicted molar refractivity (Wildman–Crippen MR) is 64.0 cm³/mol. The molecule has 0 bridgehead atoms. The number of rotatable bonds is 3. The number of hydrogen-bond acceptors (Lipinski definition) is 3. The maximum absolute atomic E-state index is 12.0. The van der Waals surface area contributed by atoms with Gasteiger partial charge < -0.3 is 15.4 Å². The van der Waals surface area contributed by atoms with Crippen LogP contribution in [0.3, 0.4) is 0 Å². The molecule has 1 fully saturated rings. The van der Waals surface area contributed by atoms with E-state index in [1.807, 2.05) is 32.6 Å². The van der Waals surface area contributed by atoms with E-state index in [1.54, 1.807) is 0 Å². The number of amides is 1. The van der Waals surface area contributed by atoms with Gasteiger partial charge in [-0.15, -0.1) is 0 Å². The third kappa shape index (κ3) is 3.76. The van der Waals surface area contributed by atoms with Crippen LogP contribution in [-0.4, -0.2) is 42.1 Å². The van der Waals surface area contributed by atoms with Crippen LogP contribution in [0.4, 0.5) is 0 Å². The molecule has 94 valence electrons. The maximum Gasteiger partial charge on any atom is 0.223 e. The second-order valence-corrected chi connectivity index (χ2v) is 5.51. The van der Waals surface area contributed by atoms with Crippen molar-refractivity contribution < 1.29 is 9.53 Å². The molecule has 0 aromatic heterocycles. The number of carbonyl (C=O) groups excluding carboxylic acids is 1. The Bertz CT molecular complexity index is 253. The van der Waals surface area contributed by atoms with E-state index in [0.29, 0.717) is 26.1 Å². The fourth-order valence-corrected chi connectivity index (χ4v) is 2.15. The molecule has 0 saturated carbocycles. The number of carbonyl (C=O) groups is 1. The van der Waals surface area contributed by atoms with Crippen LogP contribution in [0, 0.1) is 5.92 Å². The van der Waals surface area contributed by atoms with Gasteiger partial charge in [0.15, 0.2) is 0 Å². The van der Waals surface area contributed by atoms with Gasteiger partial charge in [0.1, 0.15) is 0 Å². The molecule has 2 atom stereocenters. The van der Waals surface area contributed by atoms with Crippen molar-refractivity contribution in [2.75, 3.05) is 19.6 Å². The van der Waals surface area contributed by atoms with Crippen LogP contribution in [0.1, 0.15) is 34.1 Å². The van der Waals surface area contributed by atoms with Gasteiger partial charge in [-0.2, -0.15) is 0 Å².